The van der Waals surface area contributed by atoms with Crippen LogP contribution in [0.3, 0.4) is 0 Å². The van der Waals surface area contributed by atoms with Crippen molar-refractivity contribution in [1.29, 1.82) is 0 Å². The first-order valence-electron chi connectivity index (χ1n) is 5.58. The molecule has 0 amide bonds. The number of rotatable bonds is 3. The molecular formula is C12H16O. The average molecular weight is 176 g/mol. The fraction of sp³-hybridized carbons (Fsp3) is 0.750. The summed E-state index contributed by atoms with van der Waals surface area (Å²) in [5.41, 5.74) is 1.51. The number of hydrogen-bond donors (Lipinski definition) is 0. The summed E-state index contributed by atoms with van der Waals surface area (Å²) in [5, 5.41) is 0. The Bertz CT molecular complexity index is 257. The van der Waals surface area contributed by atoms with E-state index in [9.17, 15) is 4.79 Å². The van der Waals surface area contributed by atoms with Gasteiger partial charge in [-0.05, 0) is 55.9 Å². The van der Waals surface area contributed by atoms with Crippen molar-refractivity contribution < 1.29 is 4.79 Å². The molecule has 0 bridgehead atoms. The molecule has 2 saturated carbocycles. The van der Waals surface area contributed by atoms with Crippen LogP contribution in [0.25, 0.3) is 0 Å². The third-order valence-corrected chi connectivity index (χ3v) is 3.69. The van der Waals surface area contributed by atoms with Gasteiger partial charge in [-0.3, -0.25) is 4.79 Å². The predicted octanol–water partition coefficient (Wildman–Crippen LogP) is 2.71. The molecule has 1 nitrogen and oxygen atoms in total. The summed E-state index contributed by atoms with van der Waals surface area (Å²) in [6.07, 6.45) is 9.53. The molecule has 3 rings (SSSR count). The molecule has 1 heteroatoms. The second kappa shape index (κ2) is 2.70. The van der Waals surface area contributed by atoms with Gasteiger partial charge in [-0.2, -0.15) is 0 Å². The van der Waals surface area contributed by atoms with E-state index >= 15 is 0 Å². The van der Waals surface area contributed by atoms with Crippen molar-refractivity contribution in [3.05, 3.63) is 11.6 Å². The van der Waals surface area contributed by atoms with E-state index in [0.717, 1.165) is 30.6 Å². The van der Waals surface area contributed by atoms with Crippen LogP contribution in [0, 0.1) is 17.8 Å². The van der Waals surface area contributed by atoms with Gasteiger partial charge in [-0.25, -0.2) is 0 Å². The fourth-order valence-corrected chi connectivity index (χ4v) is 2.78. The third-order valence-electron chi connectivity index (χ3n) is 3.69. The number of allylic oxidation sites excluding steroid dienone is 2. The van der Waals surface area contributed by atoms with E-state index in [1.165, 1.54) is 31.3 Å². The Morgan fingerprint density at radius 2 is 1.69 bits per heavy atom. The summed E-state index contributed by atoms with van der Waals surface area (Å²) in [5.74, 6) is 3.13. The zero-order valence-corrected chi connectivity index (χ0v) is 7.96. The molecule has 0 spiro atoms. The van der Waals surface area contributed by atoms with Gasteiger partial charge in [-0.1, -0.05) is 5.57 Å². The maximum absolute atomic E-state index is 11.2. The van der Waals surface area contributed by atoms with E-state index in [4.69, 9.17) is 0 Å². The van der Waals surface area contributed by atoms with Gasteiger partial charge in [0.1, 0.15) is 0 Å². The molecule has 0 heterocycles. The molecule has 3 aliphatic rings. The first-order chi connectivity index (χ1) is 6.34. The summed E-state index contributed by atoms with van der Waals surface area (Å²) >= 11 is 0. The van der Waals surface area contributed by atoms with Crippen molar-refractivity contribution in [1.82, 2.24) is 0 Å². The largest absolute Gasteiger partial charge is 0.295 e. The van der Waals surface area contributed by atoms with Gasteiger partial charge >= 0.3 is 0 Å². The van der Waals surface area contributed by atoms with Gasteiger partial charge in [0.25, 0.3) is 0 Å². The maximum Gasteiger partial charge on any atom is 0.155 e. The molecule has 0 N–H and O–H groups in total. The minimum Gasteiger partial charge on any atom is -0.295 e. The second-order valence-electron chi connectivity index (χ2n) is 4.89. The molecule has 13 heavy (non-hydrogen) atoms. The van der Waals surface area contributed by atoms with Crippen LogP contribution in [0.5, 0.6) is 0 Å². The molecule has 2 fully saturated rings. The highest BCUT2D eigenvalue weighted by Crippen LogP contribution is 2.53. The quantitative estimate of drug-likeness (QED) is 0.646. The Hall–Kier alpha value is -0.590. The Kier molecular flexibility index (Phi) is 1.61. The molecular weight excluding hydrogens is 160 g/mol. The van der Waals surface area contributed by atoms with Crippen LogP contribution < -0.4 is 0 Å². The highest BCUT2D eigenvalue weighted by atomic mass is 16.1. The molecule has 0 radical (unpaired) electrons. The van der Waals surface area contributed by atoms with E-state index in [-0.39, 0.29) is 0 Å². The molecule has 0 atom stereocenters. The maximum atomic E-state index is 11.2. The van der Waals surface area contributed by atoms with Gasteiger partial charge in [-0.15, -0.1) is 0 Å². The first kappa shape index (κ1) is 7.78. The summed E-state index contributed by atoms with van der Waals surface area (Å²) in [7, 11) is 0. The van der Waals surface area contributed by atoms with Crippen LogP contribution in [0.2, 0.25) is 0 Å². The molecule has 0 aromatic rings. The number of hydrogen-bond acceptors (Lipinski definition) is 1. The van der Waals surface area contributed by atoms with Crippen LogP contribution in [0.1, 0.15) is 38.5 Å². The lowest BCUT2D eigenvalue weighted by Crippen LogP contribution is -2.07. The van der Waals surface area contributed by atoms with Crippen LogP contribution in [0.15, 0.2) is 11.6 Å². The molecule has 0 aromatic heterocycles. The summed E-state index contributed by atoms with van der Waals surface area (Å²) in [6, 6.07) is 0. The Labute approximate surface area is 79.2 Å². The minimum absolute atomic E-state index is 0.376. The highest BCUT2D eigenvalue weighted by Gasteiger charge is 2.43. The minimum atomic E-state index is 0.376. The molecule has 0 aliphatic heterocycles. The van der Waals surface area contributed by atoms with Crippen LogP contribution in [0.4, 0.5) is 0 Å². The van der Waals surface area contributed by atoms with E-state index in [2.05, 4.69) is 0 Å². The van der Waals surface area contributed by atoms with E-state index in [1.807, 2.05) is 6.08 Å². The molecule has 70 valence electrons. The van der Waals surface area contributed by atoms with Gasteiger partial charge in [0, 0.05) is 6.42 Å². The van der Waals surface area contributed by atoms with Crippen molar-refractivity contribution >= 4 is 5.78 Å². The van der Waals surface area contributed by atoms with Crippen molar-refractivity contribution in [3.8, 4) is 0 Å². The van der Waals surface area contributed by atoms with Crippen molar-refractivity contribution in [2.45, 2.75) is 38.5 Å². The van der Waals surface area contributed by atoms with Gasteiger partial charge < -0.3 is 0 Å². The third kappa shape index (κ3) is 1.45. The Balaban J connectivity index is 1.79. The predicted molar refractivity (Wildman–Crippen MR) is 51.3 cm³/mol. The van der Waals surface area contributed by atoms with Gasteiger partial charge in [0.2, 0.25) is 0 Å². The lowest BCUT2D eigenvalue weighted by molar-refractivity contribution is -0.114. The molecule has 0 saturated heterocycles. The van der Waals surface area contributed by atoms with Crippen LogP contribution in [-0.4, -0.2) is 5.78 Å². The zero-order valence-electron chi connectivity index (χ0n) is 7.96. The normalized spacial score (nSPS) is 28.4. The van der Waals surface area contributed by atoms with Crippen molar-refractivity contribution in [2.24, 2.45) is 17.8 Å². The molecule has 0 aromatic carbocycles. The summed E-state index contributed by atoms with van der Waals surface area (Å²) < 4.78 is 0. The zero-order chi connectivity index (χ0) is 8.84. The van der Waals surface area contributed by atoms with Crippen LogP contribution >= 0.6 is 0 Å². The van der Waals surface area contributed by atoms with E-state index in [0.29, 0.717) is 5.78 Å². The van der Waals surface area contributed by atoms with Gasteiger partial charge in [0.05, 0.1) is 0 Å². The lowest BCUT2D eigenvalue weighted by Gasteiger charge is -2.16. The standard InChI is InChI=1S/C12H16O/c13-11-6-5-10(7-11)12(8-1-2-8)9-3-4-9/h7-9,12H,1-6H2. The van der Waals surface area contributed by atoms with Crippen molar-refractivity contribution in [3.63, 3.8) is 0 Å². The molecule has 3 aliphatic carbocycles. The number of ketones is 1. The SMILES string of the molecule is O=C1C=C(C(C2CC2)C2CC2)CC1. The highest BCUT2D eigenvalue weighted by molar-refractivity contribution is 5.93. The summed E-state index contributed by atoms with van der Waals surface area (Å²) in [4.78, 5) is 11.2. The Morgan fingerprint density at radius 1 is 1.08 bits per heavy atom. The van der Waals surface area contributed by atoms with Crippen molar-refractivity contribution in [2.75, 3.05) is 0 Å². The Morgan fingerprint density at radius 3 is 2.08 bits per heavy atom. The monoisotopic (exact) mass is 176 g/mol. The fourth-order valence-electron chi connectivity index (χ4n) is 2.78. The summed E-state index contributed by atoms with van der Waals surface area (Å²) in [6.45, 7) is 0. The number of carbonyl (C=O) groups is 1. The molecule has 0 unspecified atom stereocenters. The lowest BCUT2D eigenvalue weighted by atomic mass is 9.89. The van der Waals surface area contributed by atoms with Gasteiger partial charge in [0.15, 0.2) is 5.78 Å². The van der Waals surface area contributed by atoms with E-state index < -0.39 is 0 Å². The average Bonchev–Trinajstić information content (AvgIpc) is 2.95. The first-order valence-corrected chi connectivity index (χ1v) is 5.58. The second-order valence-corrected chi connectivity index (χ2v) is 4.89. The van der Waals surface area contributed by atoms with Crippen LogP contribution in [-0.2, 0) is 4.79 Å². The van der Waals surface area contributed by atoms with E-state index in [1.54, 1.807) is 0 Å². The topological polar surface area (TPSA) is 17.1 Å². The number of carbonyl (C=O) groups excluding carboxylic acids is 1. The smallest absolute Gasteiger partial charge is 0.155 e.